The Bertz CT molecular complexity index is 4660. The van der Waals surface area contributed by atoms with E-state index >= 15 is 0 Å². The molecule has 0 aliphatic carbocycles. The molecule has 0 saturated carbocycles. The summed E-state index contributed by atoms with van der Waals surface area (Å²) in [5, 5.41) is 16.3. The first-order chi connectivity index (χ1) is 50.9. The Labute approximate surface area is 609 Å². The number of likely N-dealkylation sites (N-methyl/N-ethyl adjacent to an activating group) is 2. The lowest BCUT2D eigenvalue weighted by Crippen LogP contribution is -2.59. The average Bonchev–Trinajstić information content (AvgIpc) is 1.63. The van der Waals surface area contributed by atoms with E-state index in [1.165, 1.54) is 7.05 Å². The van der Waals surface area contributed by atoms with E-state index < -0.39 is 103 Å². The summed E-state index contributed by atoms with van der Waals surface area (Å²) in [5.74, 6) is -7.05. The number of unbranched alkanes of at least 4 members (excludes halogenated alkanes) is 1. The van der Waals surface area contributed by atoms with Gasteiger partial charge in [-0.1, -0.05) is 147 Å². The number of aromatic amines is 2. The highest BCUT2D eigenvalue weighted by Crippen LogP contribution is 2.39. The molecular weight excluding hydrogens is 1330 g/mol. The van der Waals surface area contributed by atoms with Crippen LogP contribution in [0, 0.1) is 5.92 Å². The van der Waals surface area contributed by atoms with Crippen molar-refractivity contribution in [2.24, 2.45) is 23.1 Å². The fourth-order valence-electron chi connectivity index (χ4n) is 12.9. The van der Waals surface area contributed by atoms with E-state index in [0.717, 1.165) is 93.5 Å². The maximum absolute atomic E-state index is 14.5. The minimum Gasteiger partial charge on any atom is -0.354 e. The molecule has 2 aliphatic heterocycles. The number of nitrogens with one attached hydrogen (secondary N) is 8. The summed E-state index contributed by atoms with van der Waals surface area (Å²) in [4.78, 5) is 145. The van der Waals surface area contributed by atoms with Crippen molar-refractivity contribution in [3.63, 3.8) is 0 Å². The molecular formula is C81H89N15O9. The second-order valence-electron chi connectivity index (χ2n) is 26.1. The van der Waals surface area contributed by atoms with Gasteiger partial charge in [0.2, 0.25) is 41.4 Å². The number of H-pyrrole nitrogens is 2. The standard InChI is InChI=1S/C81H89N15O9/c1-50(2)43-67(81(105)95(73(101)45-83)49-57(84)69(97)46-85-3)94-79(103)66(44-51-19-9-5-10-20-51)93-71(99)47-87-80(104)68(27-17-18-42-82)96(74(102)48-86-4)72(100)41-40-70(98)88-56-30-28-55(29-31-56)78-64-38-36-62(91-64)76(53-23-13-7-14-24-53)60-34-32-58(89-60)75(52-21-11-6-12-22-52)59-33-35-61(90-59)77(54-25-15-8-16-26-54)63-37-39-65(78)92-63/h5-16,19-26,28-39,50,57,66-68,85-86,89,92H,17-18,27,40-49,82-84H2,1-4H3,(H,87,104)(H,88,98)(H,93,99)(H,94,103)/t57?,66-,67-,68-/m0/s1. The summed E-state index contributed by atoms with van der Waals surface area (Å²) in [5.41, 5.74) is 32.1. The predicted octanol–water partition coefficient (Wildman–Crippen LogP) is 7.92. The Morgan fingerprint density at radius 2 is 0.971 bits per heavy atom. The number of Topliss-reactive ketones (excluding diaryl/α,β-unsaturated/α-hetero) is 1. The molecule has 2 aliphatic rings. The first kappa shape index (κ1) is 76.0. The third-order valence-electron chi connectivity index (χ3n) is 17.9. The fourth-order valence-corrected chi connectivity index (χ4v) is 12.9. The van der Waals surface area contributed by atoms with Gasteiger partial charge in [0.15, 0.2) is 5.78 Å². The highest BCUT2D eigenvalue weighted by Gasteiger charge is 2.37. The maximum Gasteiger partial charge on any atom is 0.251 e. The quantitative estimate of drug-likeness (QED) is 0.0178. The van der Waals surface area contributed by atoms with Crippen molar-refractivity contribution in [1.29, 1.82) is 0 Å². The van der Waals surface area contributed by atoms with Gasteiger partial charge in [-0.15, -0.1) is 0 Å². The number of carbonyl (C=O) groups excluding carboxylic acids is 9. The van der Waals surface area contributed by atoms with Crippen LogP contribution in [-0.4, -0.2) is 160 Å². The minimum absolute atomic E-state index is 0.0363. The van der Waals surface area contributed by atoms with Crippen molar-refractivity contribution < 1.29 is 43.2 Å². The van der Waals surface area contributed by atoms with Gasteiger partial charge in [-0.2, -0.15) is 0 Å². The molecule has 5 aromatic carbocycles. The van der Waals surface area contributed by atoms with Gasteiger partial charge in [0.1, 0.15) is 18.1 Å². The second kappa shape index (κ2) is 36.5. The number of hydrogen-bond acceptors (Lipinski definition) is 16. The largest absolute Gasteiger partial charge is 0.354 e. The zero-order valence-corrected chi connectivity index (χ0v) is 59.2. The molecule has 542 valence electrons. The van der Waals surface area contributed by atoms with Gasteiger partial charge in [-0.05, 0) is 141 Å². The molecule has 0 saturated heterocycles. The third kappa shape index (κ3) is 19.3. The number of hydrogen-bond donors (Lipinski definition) is 11. The number of imide groups is 2. The topological polar surface area (TPSA) is 368 Å². The number of nitrogens with two attached hydrogens (primary N) is 3. The van der Waals surface area contributed by atoms with Crippen molar-refractivity contribution in [1.82, 2.24) is 56.3 Å². The molecule has 8 amide bonds. The van der Waals surface area contributed by atoms with Crippen LogP contribution in [0.3, 0.4) is 0 Å². The normalized spacial score (nSPS) is 12.7. The fraction of sp³-hybridized carbons (Fsp3) is 0.272. The number of anilines is 1. The number of carbonyl (C=O) groups is 9. The molecule has 3 aromatic heterocycles. The lowest BCUT2D eigenvalue weighted by atomic mass is 10.00. The highest BCUT2D eigenvalue weighted by molar-refractivity contribution is 6.05. The molecule has 8 aromatic rings. The summed E-state index contributed by atoms with van der Waals surface area (Å²) < 4.78 is 0. The Kier molecular flexibility index (Phi) is 26.4. The van der Waals surface area contributed by atoms with Gasteiger partial charge in [0.25, 0.3) is 5.91 Å². The van der Waals surface area contributed by atoms with E-state index in [1.807, 2.05) is 97.1 Å². The molecule has 1 unspecified atom stereocenters. The first-order valence-electron chi connectivity index (χ1n) is 35.2. The van der Waals surface area contributed by atoms with Crippen LogP contribution in [0.5, 0.6) is 0 Å². The van der Waals surface area contributed by atoms with Gasteiger partial charge in [-0.25, -0.2) is 9.97 Å². The van der Waals surface area contributed by atoms with E-state index in [0.29, 0.717) is 29.8 Å². The van der Waals surface area contributed by atoms with Crippen molar-refractivity contribution in [2.75, 3.05) is 58.7 Å². The number of rotatable bonds is 32. The van der Waals surface area contributed by atoms with Crippen molar-refractivity contribution >= 4 is 105 Å². The Hall–Kier alpha value is -11.7. The summed E-state index contributed by atoms with van der Waals surface area (Å²) in [6, 6.07) is 49.2. The zero-order valence-electron chi connectivity index (χ0n) is 59.2. The average molecular weight is 1420 g/mol. The second-order valence-corrected chi connectivity index (χ2v) is 26.1. The van der Waals surface area contributed by atoms with E-state index in [4.69, 9.17) is 27.2 Å². The van der Waals surface area contributed by atoms with E-state index in [-0.39, 0.29) is 51.2 Å². The summed E-state index contributed by atoms with van der Waals surface area (Å²) in [6.07, 6.45) is 7.85. The van der Waals surface area contributed by atoms with E-state index in [9.17, 15) is 43.2 Å². The van der Waals surface area contributed by atoms with E-state index in [1.54, 1.807) is 63.4 Å². The third-order valence-corrected chi connectivity index (χ3v) is 17.9. The van der Waals surface area contributed by atoms with Crippen LogP contribution in [-0.2, 0) is 49.6 Å². The van der Waals surface area contributed by atoms with Crippen LogP contribution < -0.4 is 49.1 Å². The Morgan fingerprint density at radius 1 is 0.495 bits per heavy atom. The van der Waals surface area contributed by atoms with E-state index in [2.05, 4.69) is 96.5 Å². The number of fused-ring (bicyclic) bond motifs is 8. The van der Waals surface area contributed by atoms with Crippen LogP contribution in [0.15, 0.2) is 170 Å². The molecule has 0 radical (unpaired) electrons. The molecule has 24 heteroatoms. The number of nitrogens with zero attached hydrogens (tertiary/aromatic N) is 4. The number of aromatic nitrogens is 4. The Morgan fingerprint density at radius 3 is 1.43 bits per heavy atom. The molecule has 0 spiro atoms. The SMILES string of the molecule is CNCC(=O)C(N)CN(C(=O)CN)C(=O)[C@H](CC(C)C)NC(=O)[C@H](Cc1ccccc1)NC(=O)CNC(=O)[C@H](CCCCN)N(C(=O)CCC(=O)Nc1ccc(-c2c3nc(c(-c4ccccc4)c4ccc([nH]4)c(-c4ccccc4)c4nc(c(-c5ccccc5)c5ccc2[nH]5)C=C4)C=C3)cc1)C(=O)CNC. The van der Waals surface area contributed by atoms with Crippen LogP contribution in [0.4, 0.5) is 5.69 Å². The molecule has 10 rings (SSSR count). The highest BCUT2D eigenvalue weighted by atomic mass is 16.2. The number of benzene rings is 5. The number of amides is 8. The molecule has 0 fully saturated rings. The number of ketones is 1. The van der Waals surface area contributed by atoms with Crippen molar-refractivity contribution in [3.8, 4) is 44.5 Å². The molecule has 24 nitrogen and oxygen atoms in total. The van der Waals surface area contributed by atoms with Crippen LogP contribution in [0.2, 0.25) is 0 Å². The summed E-state index contributed by atoms with van der Waals surface area (Å²) in [6.45, 7) is 1.51. The monoisotopic (exact) mass is 1420 g/mol. The minimum atomic E-state index is -1.46. The zero-order chi connectivity index (χ0) is 74.5. The van der Waals surface area contributed by atoms with Gasteiger partial charge in [0.05, 0.1) is 61.5 Å². The molecule has 5 heterocycles. The van der Waals surface area contributed by atoms with Gasteiger partial charge < -0.3 is 59.1 Å². The van der Waals surface area contributed by atoms with Gasteiger partial charge in [-0.3, -0.25) is 53.0 Å². The van der Waals surface area contributed by atoms with Crippen LogP contribution in [0.1, 0.15) is 80.7 Å². The first-order valence-corrected chi connectivity index (χ1v) is 35.2. The smallest absolute Gasteiger partial charge is 0.251 e. The lowest BCUT2D eigenvalue weighted by Gasteiger charge is -2.30. The molecule has 14 N–H and O–H groups in total. The molecule has 8 bridgehead atoms. The molecule has 105 heavy (non-hydrogen) atoms. The van der Waals surface area contributed by atoms with Crippen molar-refractivity contribution in [2.45, 2.75) is 83.0 Å². The van der Waals surface area contributed by atoms with Crippen LogP contribution in [0.25, 0.3) is 90.9 Å². The summed E-state index contributed by atoms with van der Waals surface area (Å²) in [7, 11) is 3.04. The van der Waals surface area contributed by atoms with Crippen molar-refractivity contribution in [3.05, 3.63) is 198 Å². The lowest BCUT2D eigenvalue weighted by molar-refractivity contribution is -0.152. The predicted molar refractivity (Wildman–Crippen MR) is 410 cm³/mol. The van der Waals surface area contributed by atoms with Crippen LogP contribution >= 0.6 is 0 Å². The molecule has 4 atom stereocenters. The maximum atomic E-state index is 14.5. The Balaban J connectivity index is 0.886. The van der Waals surface area contributed by atoms with Gasteiger partial charge in [0, 0.05) is 69.3 Å². The van der Waals surface area contributed by atoms with Gasteiger partial charge >= 0.3 is 0 Å². The summed E-state index contributed by atoms with van der Waals surface area (Å²) >= 11 is 0.